The number of alkyl halides is 1. The average Bonchev–Trinajstić information content (AvgIpc) is 2.59. The molecule has 0 fully saturated rings. The minimum atomic E-state index is 0.865. The normalized spacial score (nSPS) is 10.5. The maximum atomic E-state index is 3.59. The fraction of sp³-hybridized carbons (Fsp3) is 0.100. The van der Waals surface area contributed by atoms with Gasteiger partial charge in [-0.1, -0.05) is 64.5 Å². The van der Waals surface area contributed by atoms with Crippen molar-refractivity contribution in [3.8, 4) is 0 Å². The van der Waals surface area contributed by atoms with E-state index in [0.717, 1.165) is 5.33 Å². The molecule has 0 N–H and O–H groups in total. The number of halogens is 1. The molecule has 2 heteroatoms. The Morgan fingerprint density at radius 1 is 0.727 bits per heavy atom. The molecule has 0 radical (unpaired) electrons. The molecule has 1 nitrogen and oxygen atoms in total. The third-order valence-corrected chi connectivity index (χ3v) is 4.44. The lowest BCUT2D eigenvalue weighted by Crippen LogP contribution is -2.11. The van der Waals surface area contributed by atoms with Gasteiger partial charge in [0.2, 0.25) is 0 Å². The fourth-order valence-electron chi connectivity index (χ4n) is 2.64. The summed E-state index contributed by atoms with van der Waals surface area (Å²) in [5, 5.41) is 0.865. The van der Waals surface area contributed by atoms with E-state index >= 15 is 0 Å². The summed E-state index contributed by atoms with van der Waals surface area (Å²) < 4.78 is 0. The molecular weight excluding hydrogens is 334 g/mol. The first-order valence-electron chi connectivity index (χ1n) is 7.36. The van der Waals surface area contributed by atoms with Crippen LogP contribution in [-0.2, 0) is 5.33 Å². The van der Waals surface area contributed by atoms with Crippen molar-refractivity contribution in [2.24, 2.45) is 0 Å². The number of para-hydroxylation sites is 2. The van der Waals surface area contributed by atoms with Crippen molar-refractivity contribution in [3.63, 3.8) is 0 Å². The summed E-state index contributed by atoms with van der Waals surface area (Å²) in [4.78, 5) is 2.31. The van der Waals surface area contributed by atoms with E-state index in [2.05, 4.69) is 107 Å². The Morgan fingerprint density at radius 2 is 1.27 bits per heavy atom. The Bertz CT molecular complexity index is 699. The van der Waals surface area contributed by atoms with Crippen LogP contribution >= 0.6 is 15.9 Å². The van der Waals surface area contributed by atoms with Crippen LogP contribution in [0.1, 0.15) is 11.1 Å². The summed E-state index contributed by atoms with van der Waals surface area (Å²) >= 11 is 3.59. The first-order valence-corrected chi connectivity index (χ1v) is 8.48. The molecular formula is C20H18BrN. The van der Waals surface area contributed by atoms with Gasteiger partial charge in [-0.25, -0.2) is 0 Å². The van der Waals surface area contributed by atoms with Crippen LogP contribution in [0.4, 0.5) is 17.1 Å². The van der Waals surface area contributed by atoms with E-state index < -0.39 is 0 Å². The molecule has 110 valence electrons. The number of hydrogen-bond donors (Lipinski definition) is 0. The van der Waals surface area contributed by atoms with Crippen LogP contribution in [0, 0.1) is 6.92 Å². The summed E-state index contributed by atoms with van der Waals surface area (Å²) in [6.45, 7) is 2.19. The maximum Gasteiger partial charge on any atom is 0.0493 e. The van der Waals surface area contributed by atoms with Gasteiger partial charge in [0.25, 0.3) is 0 Å². The van der Waals surface area contributed by atoms with Crippen LogP contribution in [-0.4, -0.2) is 0 Å². The Balaban J connectivity index is 2.19. The minimum absolute atomic E-state index is 0.865. The van der Waals surface area contributed by atoms with E-state index in [0.29, 0.717) is 0 Å². The quantitative estimate of drug-likeness (QED) is 0.494. The molecule has 3 rings (SSSR count). The minimum Gasteiger partial charge on any atom is -0.310 e. The number of rotatable bonds is 4. The van der Waals surface area contributed by atoms with E-state index in [1.54, 1.807) is 0 Å². The van der Waals surface area contributed by atoms with Gasteiger partial charge in [-0.15, -0.1) is 0 Å². The molecule has 0 aliphatic rings. The van der Waals surface area contributed by atoms with Gasteiger partial charge in [-0.05, 0) is 48.4 Å². The third kappa shape index (κ3) is 2.93. The van der Waals surface area contributed by atoms with Gasteiger partial charge in [0.1, 0.15) is 0 Å². The summed E-state index contributed by atoms with van der Waals surface area (Å²) in [5.41, 5.74) is 6.17. The Hall–Kier alpha value is -2.06. The first-order chi connectivity index (χ1) is 10.8. The average molecular weight is 352 g/mol. The lowest BCUT2D eigenvalue weighted by atomic mass is 10.1. The van der Waals surface area contributed by atoms with Crippen LogP contribution in [0.3, 0.4) is 0 Å². The zero-order chi connectivity index (χ0) is 15.4. The topological polar surface area (TPSA) is 3.24 Å². The molecule has 0 amide bonds. The molecule has 0 heterocycles. The molecule has 0 bridgehead atoms. The highest BCUT2D eigenvalue weighted by atomic mass is 79.9. The molecule has 0 saturated carbocycles. The van der Waals surface area contributed by atoms with Gasteiger partial charge in [-0.3, -0.25) is 0 Å². The number of benzene rings is 3. The van der Waals surface area contributed by atoms with Crippen molar-refractivity contribution < 1.29 is 0 Å². The Kier molecular flexibility index (Phi) is 4.59. The van der Waals surface area contributed by atoms with Gasteiger partial charge >= 0.3 is 0 Å². The fourth-order valence-corrected chi connectivity index (χ4v) is 3.25. The van der Waals surface area contributed by atoms with E-state index in [9.17, 15) is 0 Å². The molecule has 0 aromatic heterocycles. The van der Waals surface area contributed by atoms with Crippen molar-refractivity contribution >= 4 is 33.0 Å². The van der Waals surface area contributed by atoms with Gasteiger partial charge in [-0.2, -0.15) is 0 Å². The van der Waals surface area contributed by atoms with Crippen LogP contribution < -0.4 is 4.90 Å². The van der Waals surface area contributed by atoms with Crippen molar-refractivity contribution in [3.05, 3.63) is 90.0 Å². The van der Waals surface area contributed by atoms with Gasteiger partial charge < -0.3 is 4.90 Å². The van der Waals surface area contributed by atoms with Gasteiger partial charge in [0.05, 0.1) is 0 Å². The van der Waals surface area contributed by atoms with E-state index in [1.807, 2.05) is 0 Å². The molecule has 22 heavy (non-hydrogen) atoms. The van der Waals surface area contributed by atoms with E-state index in [1.165, 1.54) is 28.2 Å². The van der Waals surface area contributed by atoms with Crippen molar-refractivity contribution in [1.29, 1.82) is 0 Å². The van der Waals surface area contributed by atoms with Crippen molar-refractivity contribution in [1.82, 2.24) is 0 Å². The molecule has 0 saturated heterocycles. The van der Waals surface area contributed by atoms with Gasteiger partial charge in [0.15, 0.2) is 0 Å². The highest BCUT2D eigenvalue weighted by molar-refractivity contribution is 9.08. The molecule has 3 aromatic carbocycles. The first kappa shape index (κ1) is 14.9. The predicted octanol–water partition coefficient (Wildman–Crippen LogP) is 6.36. The lowest BCUT2D eigenvalue weighted by Gasteiger charge is -2.27. The Morgan fingerprint density at radius 3 is 1.77 bits per heavy atom. The number of hydrogen-bond acceptors (Lipinski definition) is 1. The Labute approximate surface area is 140 Å². The second-order valence-corrected chi connectivity index (χ2v) is 5.76. The summed E-state index contributed by atoms with van der Waals surface area (Å²) in [6, 6.07) is 27.5. The second kappa shape index (κ2) is 6.80. The second-order valence-electron chi connectivity index (χ2n) is 5.20. The zero-order valence-corrected chi connectivity index (χ0v) is 14.1. The van der Waals surface area contributed by atoms with Crippen LogP contribution in [0.2, 0.25) is 0 Å². The molecule has 0 unspecified atom stereocenters. The van der Waals surface area contributed by atoms with E-state index in [-0.39, 0.29) is 0 Å². The summed E-state index contributed by atoms with van der Waals surface area (Å²) in [6.07, 6.45) is 0. The SMILES string of the molecule is Cc1c(CBr)cccc1N(c1ccccc1)c1ccccc1. The van der Waals surface area contributed by atoms with Crippen molar-refractivity contribution in [2.45, 2.75) is 12.3 Å². The number of nitrogens with zero attached hydrogens (tertiary/aromatic N) is 1. The largest absolute Gasteiger partial charge is 0.310 e. The molecule has 0 aliphatic heterocycles. The van der Waals surface area contributed by atoms with Crippen LogP contribution in [0.15, 0.2) is 78.9 Å². The molecule has 0 aliphatic carbocycles. The summed E-state index contributed by atoms with van der Waals surface area (Å²) in [5.74, 6) is 0. The van der Waals surface area contributed by atoms with Crippen LogP contribution in [0.25, 0.3) is 0 Å². The van der Waals surface area contributed by atoms with Crippen molar-refractivity contribution in [2.75, 3.05) is 4.90 Å². The zero-order valence-electron chi connectivity index (χ0n) is 12.5. The standard InChI is InChI=1S/C20H18BrN/c1-16-17(15-21)9-8-14-20(16)22(18-10-4-2-5-11-18)19-12-6-3-7-13-19/h2-14H,15H2,1H3. The highest BCUT2D eigenvalue weighted by Gasteiger charge is 2.15. The maximum absolute atomic E-state index is 3.59. The number of anilines is 3. The smallest absolute Gasteiger partial charge is 0.0493 e. The molecule has 0 atom stereocenters. The lowest BCUT2D eigenvalue weighted by molar-refractivity contribution is 1.22. The van der Waals surface area contributed by atoms with E-state index in [4.69, 9.17) is 0 Å². The molecule has 3 aromatic rings. The molecule has 0 spiro atoms. The monoisotopic (exact) mass is 351 g/mol. The summed E-state index contributed by atoms with van der Waals surface area (Å²) in [7, 11) is 0. The van der Waals surface area contributed by atoms with Crippen LogP contribution in [0.5, 0.6) is 0 Å². The third-order valence-electron chi connectivity index (χ3n) is 3.83. The predicted molar refractivity (Wildman–Crippen MR) is 98.5 cm³/mol. The highest BCUT2D eigenvalue weighted by Crippen LogP contribution is 2.37. The van der Waals surface area contributed by atoms with Gasteiger partial charge in [0, 0.05) is 22.4 Å².